The molecule has 1 aromatic heterocycles. The Balaban J connectivity index is 2.05. The van der Waals surface area contributed by atoms with Crippen LogP contribution in [-0.2, 0) is 6.42 Å². The van der Waals surface area contributed by atoms with E-state index < -0.39 is 0 Å². The number of hydrogen-bond acceptors (Lipinski definition) is 4. The van der Waals surface area contributed by atoms with Gasteiger partial charge < -0.3 is 10.2 Å². The number of carbonyl (C=O) groups excluding carboxylic acids is 1. The highest BCUT2D eigenvalue weighted by Gasteiger charge is 2.18. The van der Waals surface area contributed by atoms with Crippen molar-refractivity contribution in [3.8, 4) is 0 Å². The smallest absolute Gasteiger partial charge is 0.271 e. The first-order valence-corrected chi connectivity index (χ1v) is 8.77. The summed E-state index contributed by atoms with van der Waals surface area (Å²) in [5.41, 5.74) is 1.47. The van der Waals surface area contributed by atoms with Gasteiger partial charge in [-0.1, -0.05) is 55.8 Å². The van der Waals surface area contributed by atoms with Gasteiger partial charge in [-0.15, -0.1) is 0 Å². The zero-order chi connectivity index (χ0) is 18.4. The summed E-state index contributed by atoms with van der Waals surface area (Å²) >= 11 is 6.11. The molecule has 6 heteroatoms. The van der Waals surface area contributed by atoms with E-state index in [1.165, 1.54) is 11.8 Å². The zero-order valence-electron chi connectivity index (χ0n) is 15.2. The average molecular weight is 361 g/mol. The first-order valence-electron chi connectivity index (χ1n) is 8.39. The van der Waals surface area contributed by atoms with Gasteiger partial charge in [-0.3, -0.25) is 4.79 Å². The molecule has 2 rings (SSSR count). The molecule has 0 aliphatic carbocycles. The molecule has 1 atom stereocenters. The van der Waals surface area contributed by atoms with E-state index in [1.807, 2.05) is 46.1 Å². The number of nitrogens with zero attached hydrogens (tertiary/aromatic N) is 3. The van der Waals surface area contributed by atoms with Crippen LogP contribution in [0.2, 0.25) is 5.02 Å². The lowest BCUT2D eigenvalue weighted by Gasteiger charge is -2.24. The molecule has 0 aliphatic heterocycles. The van der Waals surface area contributed by atoms with Gasteiger partial charge in [-0.2, -0.15) is 0 Å². The molecule has 0 saturated carbocycles. The summed E-state index contributed by atoms with van der Waals surface area (Å²) in [7, 11) is 4.02. The van der Waals surface area contributed by atoms with Crippen molar-refractivity contribution in [2.24, 2.45) is 0 Å². The third-order valence-electron chi connectivity index (χ3n) is 4.04. The molecular weight excluding hydrogens is 336 g/mol. The van der Waals surface area contributed by atoms with Crippen LogP contribution >= 0.6 is 11.6 Å². The molecule has 0 saturated heterocycles. The van der Waals surface area contributed by atoms with Crippen molar-refractivity contribution in [3.05, 3.63) is 58.6 Å². The van der Waals surface area contributed by atoms with Crippen LogP contribution in [0.3, 0.4) is 0 Å². The van der Waals surface area contributed by atoms with Crippen LogP contribution in [0.25, 0.3) is 0 Å². The van der Waals surface area contributed by atoms with Crippen LogP contribution in [0.15, 0.2) is 36.5 Å². The molecule has 0 fully saturated rings. The monoisotopic (exact) mass is 360 g/mol. The largest absolute Gasteiger partial charge is 0.349 e. The fraction of sp³-hybridized carbons (Fsp3) is 0.421. The molecule has 1 amide bonds. The van der Waals surface area contributed by atoms with Crippen molar-refractivity contribution in [1.29, 1.82) is 0 Å². The van der Waals surface area contributed by atoms with Crippen molar-refractivity contribution in [1.82, 2.24) is 20.2 Å². The number of halogens is 1. The van der Waals surface area contributed by atoms with Crippen LogP contribution in [0.4, 0.5) is 0 Å². The lowest BCUT2D eigenvalue weighted by Crippen LogP contribution is -2.42. The lowest BCUT2D eigenvalue weighted by molar-refractivity contribution is 0.0936. The van der Waals surface area contributed by atoms with Crippen LogP contribution < -0.4 is 5.32 Å². The van der Waals surface area contributed by atoms with Crippen LogP contribution in [-0.4, -0.2) is 47.5 Å². The normalized spacial score (nSPS) is 12.4. The molecule has 1 heterocycles. The maximum atomic E-state index is 12.5. The molecule has 25 heavy (non-hydrogen) atoms. The van der Waals surface area contributed by atoms with Crippen molar-refractivity contribution in [2.75, 3.05) is 20.6 Å². The van der Waals surface area contributed by atoms with E-state index in [0.29, 0.717) is 12.4 Å². The Morgan fingerprint density at radius 1 is 1.24 bits per heavy atom. The highest BCUT2D eigenvalue weighted by Crippen LogP contribution is 2.16. The number of carbonyl (C=O) groups is 1. The summed E-state index contributed by atoms with van der Waals surface area (Å²) in [6, 6.07) is 10.4. The Labute approximate surface area is 154 Å². The van der Waals surface area contributed by atoms with Gasteiger partial charge in [0.2, 0.25) is 0 Å². The zero-order valence-corrected chi connectivity index (χ0v) is 15.9. The topological polar surface area (TPSA) is 58.1 Å². The van der Waals surface area contributed by atoms with Crippen molar-refractivity contribution < 1.29 is 4.79 Å². The predicted octanol–water partition coefficient (Wildman–Crippen LogP) is 3.16. The van der Waals surface area contributed by atoms with Gasteiger partial charge in [-0.25, -0.2) is 9.97 Å². The summed E-state index contributed by atoms with van der Waals surface area (Å²) < 4.78 is 0. The molecule has 0 spiro atoms. The van der Waals surface area contributed by atoms with E-state index in [-0.39, 0.29) is 28.6 Å². The summed E-state index contributed by atoms with van der Waals surface area (Å²) in [5, 5.41) is 3.22. The van der Waals surface area contributed by atoms with Crippen molar-refractivity contribution in [3.63, 3.8) is 0 Å². The van der Waals surface area contributed by atoms with Gasteiger partial charge in [-0.05, 0) is 26.1 Å². The lowest BCUT2D eigenvalue weighted by atomic mass is 10.1. The minimum atomic E-state index is -0.269. The summed E-state index contributed by atoms with van der Waals surface area (Å²) in [5.74, 6) is 0.480. The minimum Gasteiger partial charge on any atom is -0.349 e. The highest BCUT2D eigenvalue weighted by molar-refractivity contribution is 6.33. The highest BCUT2D eigenvalue weighted by atomic mass is 35.5. The van der Waals surface area contributed by atoms with Crippen LogP contribution in [0.1, 0.15) is 41.6 Å². The van der Waals surface area contributed by atoms with Crippen LogP contribution in [0, 0.1) is 0 Å². The van der Waals surface area contributed by atoms with Crippen molar-refractivity contribution >= 4 is 17.5 Å². The Morgan fingerprint density at radius 2 is 1.92 bits per heavy atom. The molecule has 2 aromatic rings. The number of benzene rings is 1. The maximum Gasteiger partial charge on any atom is 0.271 e. The Hall–Kier alpha value is -1.98. The molecule has 1 N–H and O–H groups in total. The van der Waals surface area contributed by atoms with E-state index in [0.717, 1.165) is 6.42 Å². The Bertz CT molecular complexity index is 704. The number of aromatic nitrogens is 2. The van der Waals surface area contributed by atoms with Gasteiger partial charge in [0.1, 0.15) is 11.5 Å². The number of amides is 1. The maximum absolute atomic E-state index is 12.5. The van der Waals surface area contributed by atoms with E-state index in [2.05, 4.69) is 32.3 Å². The van der Waals surface area contributed by atoms with Gasteiger partial charge >= 0.3 is 0 Å². The van der Waals surface area contributed by atoms with Gasteiger partial charge in [0.05, 0.1) is 11.2 Å². The molecule has 0 aliphatic rings. The summed E-state index contributed by atoms with van der Waals surface area (Å²) in [6.07, 6.45) is 2.34. The number of likely N-dealkylation sites (N-methyl/N-ethyl adjacent to an activating group) is 1. The molecular formula is C19H25ClN4O. The SMILES string of the molecule is CC(C)c1ncc(Cl)c(C(=O)NCC(Cc2ccccc2)N(C)C)n1. The number of rotatable bonds is 7. The molecule has 134 valence electrons. The van der Waals surface area contributed by atoms with Gasteiger partial charge in [0.15, 0.2) is 0 Å². The second-order valence-electron chi connectivity index (χ2n) is 6.60. The third-order valence-corrected chi connectivity index (χ3v) is 4.31. The second kappa shape index (κ2) is 8.92. The van der Waals surface area contributed by atoms with E-state index in [9.17, 15) is 4.79 Å². The number of hydrogen-bond donors (Lipinski definition) is 1. The van der Waals surface area contributed by atoms with Gasteiger partial charge in [0, 0.05) is 18.5 Å². The van der Waals surface area contributed by atoms with Gasteiger partial charge in [0.25, 0.3) is 5.91 Å². The molecule has 1 unspecified atom stereocenters. The van der Waals surface area contributed by atoms with E-state index in [4.69, 9.17) is 11.6 Å². The van der Waals surface area contributed by atoms with E-state index in [1.54, 1.807) is 0 Å². The number of nitrogens with one attached hydrogen (secondary N) is 1. The fourth-order valence-corrected chi connectivity index (χ4v) is 2.61. The molecule has 0 bridgehead atoms. The first-order chi connectivity index (χ1) is 11.9. The Kier molecular flexibility index (Phi) is 6.91. The minimum absolute atomic E-state index is 0.136. The third kappa shape index (κ3) is 5.51. The second-order valence-corrected chi connectivity index (χ2v) is 7.00. The molecule has 5 nitrogen and oxygen atoms in total. The van der Waals surface area contributed by atoms with Crippen molar-refractivity contribution in [2.45, 2.75) is 32.2 Å². The molecule has 0 radical (unpaired) electrons. The predicted molar refractivity (Wildman–Crippen MR) is 101 cm³/mol. The summed E-state index contributed by atoms with van der Waals surface area (Å²) in [4.78, 5) is 23.1. The quantitative estimate of drug-likeness (QED) is 0.824. The fourth-order valence-electron chi connectivity index (χ4n) is 2.44. The summed E-state index contributed by atoms with van der Waals surface area (Å²) in [6.45, 7) is 4.47. The Morgan fingerprint density at radius 3 is 2.52 bits per heavy atom. The first kappa shape index (κ1) is 19.3. The molecule has 1 aromatic carbocycles. The van der Waals surface area contributed by atoms with Crippen LogP contribution in [0.5, 0.6) is 0 Å². The standard InChI is InChI=1S/C19H25ClN4O/c1-13(2)18-21-12-16(20)17(23-18)19(25)22-11-15(24(3)4)10-14-8-6-5-7-9-14/h5-9,12-13,15H,10-11H2,1-4H3,(H,22,25). The average Bonchev–Trinajstić information content (AvgIpc) is 2.59. The van der Waals surface area contributed by atoms with E-state index >= 15 is 0 Å².